The van der Waals surface area contributed by atoms with Crippen molar-refractivity contribution in [3.63, 3.8) is 0 Å². The molecule has 0 aliphatic carbocycles. The quantitative estimate of drug-likeness (QED) is 0.738. The van der Waals surface area contributed by atoms with Crippen molar-refractivity contribution in [1.82, 2.24) is 10.2 Å². The summed E-state index contributed by atoms with van der Waals surface area (Å²) in [7, 11) is 0. The maximum atomic E-state index is 12.8. The number of carbonyl (C=O) groups is 3. The summed E-state index contributed by atoms with van der Waals surface area (Å²) in [5.74, 6) is 0.0453. The molecule has 0 spiro atoms. The van der Waals surface area contributed by atoms with Crippen LogP contribution in [0.1, 0.15) is 34.5 Å². The van der Waals surface area contributed by atoms with Crippen molar-refractivity contribution in [3.05, 3.63) is 52.2 Å². The highest BCUT2D eigenvalue weighted by Crippen LogP contribution is 2.38. The molecular formula is C21H22N2O3S2. The molecule has 1 aromatic heterocycles. The van der Waals surface area contributed by atoms with Gasteiger partial charge in [-0.1, -0.05) is 24.3 Å². The minimum atomic E-state index is -0.119. The Labute approximate surface area is 172 Å². The number of amides is 2. The Morgan fingerprint density at radius 1 is 1.11 bits per heavy atom. The van der Waals surface area contributed by atoms with E-state index in [0.29, 0.717) is 18.0 Å². The largest absolute Gasteiger partial charge is 0.352 e. The van der Waals surface area contributed by atoms with Crippen molar-refractivity contribution < 1.29 is 14.4 Å². The first-order valence-corrected chi connectivity index (χ1v) is 11.3. The Morgan fingerprint density at radius 3 is 2.75 bits per heavy atom. The van der Waals surface area contributed by atoms with Gasteiger partial charge in [0.15, 0.2) is 5.78 Å². The zero-order valence-electron chi connectivity index (χ0n) is 15.4. The lowest BCUT2D eigenvalue weighted by Crippen LogP contribution is -2.41. The number of fused-ring (bicyclic) bond motifs is 1. The Kier molecular flexibility index (Phi) is 5.82. The first kappa shape index (κ1) is 19.2. The Hall–Kier alpha value is -2.12. The van der Waals surface area contributed by atoms with Crippen LogP contribution in [0.2, 0.25) is 0 Å². The topological polar surface area (TPSA) is 66.5 Å². The van der Waals surface area contributed by atoms with Crippen LogP contribution >= 0.6 is 23.1 Å². The van der Waals surface area contributed by atoms with E-state index in [1.165, 1.54) is 21.8 Å². The molecule has 2 aliphatic rings. The normalized spacial score (nSPS) is 20.8. The molecule has 2 aliphatic heterocycles. The van der Waals surface area contributed by atoms with Crippen LogP contribution in [0.3, 0.4) is 0 Å². The van der Waals surface area contributed by atoms with Gasteiger partial charge in [-0.3, -0.25) is 14.4 Å². The molecule has 0 radical (unpaired) electrons. The van der Waals surface area contributed by atoms with E-state index in [1.807, 2.05) is 28.5 Å². The van der Waals surface area contributed by atoms with Crippen LogP contribution in [0.15, 0.2) is 46.7 Å². The maximum absolute atomic E-state index is 12.8. The lowest BCUT2D eigenvalue weighted by molar-refractivity contribution is -0.130. The summed E-state index contributed by atoms with van der Waals surface area (Å²) >= 11 is 3.04. The second kappa shape index (κ2) is 8.49. The minimum absolute atomic E-state index is 0.00574. The number of hydrogen-bond donors (Lipinski definition) is 1. The number of likely N-dealkylation sites (tertiary alicyclic amines) is 1. The summed E-state index contributed by atoms with van der Waals surface area (Å²) in [5, 5.41) is 4.78. The van der Waals surface area contributed by atoms with E-state index < -0.39 is 0 Å². The highest BCUT2D eigenvalue weighted by atomic mass is 32.2. The third-order valence-corrected chi connectivity index (χ3v) is 7.38. The van der Waals surface area contributed by atoms with Gasteiger partial charge in [0.25, 0.3) is 0 Å². The molecule has 2 atom stereocenters. The number of thiophene rings is 1. The van der Waals surface area contributed by atoms with Gasteiger partial charge in [0, 0.05) is 36.9 Å². The van der Waals surface area contributed by atoms with Gasteiger partial charge in [0.05, 0.1) is 10.1 Å². The van der Waals surface area contributed by atoms with Crippen molar-refractivity contribution >= 4 is 40.7 Å². The second-order valence-electron chi connectivity index (χ2n) is 7.16. The van der Waals surface area contributed by atoms with Crippen molar-refractivity contribution in [3.8, 4) is 0 Å². The number of thioether (sulfide) groups is 1. The Morgan fingerprint density at radius 2 is 1.96 bits per heavy atom. The smallest absolute Gasteiger partial charge is 0.236 e. The molecule has 1 unspecified atom stereocenters. The number of carbonyl (C=O) groups excluding carboxylic acids is 3. The molecule has 28 heavy (non-hydrogen) atoms. The maximum Gasteiger partial charge on any atom is 0.236 e. The van der Waals surface area contributed by atoms with Crippen LogP contribution in [0.4, 0.5) is 0 Å². The summed E-state index contributed by atoms with van der Waals surface area (Å²) in [5.41, 5.74) is 1.24. The fourth-order valence-electron chi connectivity index (χ4n) is 3.69. The Balaban J connectivity index is 1.22. The predicted octanol–water partition coefficient (Wildman–Crippen LogP) is 3.15. The van der Waals surface area contributed by atoms with Gasteiger partial charge >= 0.3 is 0 Å². The molecular weight excluding hydrogens is 392 g/mol. The third kappa shape index (κ3) is 4.31. The van der Waals surface area contributed by atoms with E-state index in [0.717, 1.165) is 12.8 Å². The molecule has 1 N–H and O–H groups in total. The van der Waals surface area contributed by atoms with Crippen molar-refractivity contribution in [2.45, 2.75) is 41.9 Å². The summed E-state index contributed by atoms with van der Waals surface area (Å²) in [4.78, 5) is 40.8. The molecule has 146 valence electrons. The molecule has 1 fully saturated rings. The zero-order valence-corrected chi connectivity index (χ0v) is 17.1. The van der Waals surface area contributed by atoms with Crippen LogP contribution in [0.5, 0.6) is 0 Å². The number of nitrogens with one attached hydrogen (secondary N) is 1. The summed E-state index contributed by atoms with van der Waals surface area (Å²) in [6.07, 6.45) is 1.95. The number of Topliss-reactive ketones (excluding diaryl/α,β-unsaturated/α-hetero) is 1. The van der Waals surface area contributed by atoms with E-state index in [9.17, 15) is 14.4 Å². The summed E-state index contributed by atoms with van der Waals surface area (Å²) in [6, 6.07) is 11.8. The molecule has 1 saturated heterocycles. The lowest BCUT2D eigenvalue weighted by Gasteiger charge is -2.20. The van der Waals surface area contributed by atoms with Crippen LogP contribution in [0, 0.1) is 0 Å². The molecule has 7 heteroatoms. The fourth-order valence-corrected chi connectivity index (χ4v) is 5.66. The van der Waals surface area contributed by atoms with Gasteiger partial charge in [0.2, 0.25) is 11.8 Å². The predicted molar refractivity (Wildman–Crippen MR) is 111 cm³/mol. The third-order valence-electron chi connectivity index (χ3n) is 5.16. The van der Waals surface area contributed by atoms with Gasteiger partial charge in [-0.05, 0) is 35.9 Å². The Bertz CT molecular complexity index is 857. The monoisotopic (exact) mass is 414 g/mol. The van der Waals surface area contributed by atoms with Crippen LogP contribution < -0.4 is 5.32 Å². The van der Waals surface area contributed by atoms with E-state index in [2.05, 4.69) is 17.4 Å². The molecule has 2 aromatic rings. The van der Waals surface area contributed by atoms with Crippen LogP contribution in [-0.2, 0) is 16.0 Å². The highest BCUT2D eigenvalue weighted by Gasteiger charge is 2.35. The first-order chi connectivity index (χ1) is 13.6. The number of nitrogens with zero attached hydrogens (tertiary/aromatic N) is 1. The van der Waals surface area contributed by atoms with Gasteiger partial charge in [0.1, 0.15) is 0 Å². The SMILES string of the molecule is O=C(CCC(=O)c1cccs1)N[C@H]1CCN(C(=O)C2Cc3ccccc3S2)C1. The second-order valence-corrected chi connectivity index (χ2v) is 9.35. The standard InChI is InChI=1S/C21H22N2O3S2/c24-16(18-6-3-11-27-18)7-8-20(25)22-15-9-10-23(13-15)21(26)19-12-14-4-1-2-5-17(14)28-19/h1-6,11,15,19H,7-10,12-13H2,(H,22,25)/t15-,19?/m0/s1. The van der Waals surface area contributed by atoms with Gasteiger partial charge < -0.3 is 10.2 Å². The summed E-state index contributed by atoms with van der Waals surface area (Å²) in [6.45, 7) is 1.22. The molecule has 0 bridgehead atoms. The lowest BCUT2D eigenvalue weighted by atomic mass is 10.1. The number of rotatable bonds is 6. The number of hydrogen-bond acceptors (Lipinski definition) is 5. The molecule has 2 amide bonds. The fraction of sp³-hybridized carbons (Fsp3) is 0.381. The van der Waals surface area contributed by atoms with Crippen molar-refractivity contribution in [2.75, 3.05) is 13.1 Å². The zero-order chi connectivity index (χ0) is 19.5. The van der Waals surface area contributed by atoms with E-state index in [-0.39, 0.29) is 41.7 Å². The summed E-state index contributed by atoms with van der Waals surface area (Å²) < 4.78 is 0. The van der Waals surface area contributed by atoms with Crippen LogP contribution in [-0.4, -0.2) is 46.9 Å². The van der Waals surface area contributed by atoms with Gasteiger partial charge in [-0.2, -0.15) is 0 Å². The average molecular weight is 415 g/mol. The van der Waals surface area contributed by atoms with Gasteiger partial charge in [-0.25, -0.2) is 0 Å². The van der Waals surface area contributed by atoms with E-state index >= 15 is 0 Å². The minimum Gasteiger partial charge on any atom is -0.352 e. The van der Waals surface area contributed by atoms with Gasteiger partial charge in [-0.15, -0.1) is 23.1 Å². The van der Waals surface area contributed by atoms with Crippen LogP contribution in [0.25, 0.3) is 0 Å². The molecule has 4 rings (SSSR count). The first-order valence-electron chi connectivity index (χ1n) is 9.49. The van der Waals surface area contributed by atoms with Crippen molar-refractivity contribution in [2.24, 2.45) is 0 Å². The molecule has 3 heterocycles. The number of ketones is 1. The number of benzene rings is 1. The molecule has 0 saturated carbocycles. The molecule has 5 nitrogen and oxygen atoms in total. The average Bonchev–Trinajstić information content (AvgIpc) is 3.45. The van der Waals surface area contributed by atoms with E-state index in [4.69, 9.17) is 0 Å². The highest BCUT2D eigenvalue weighted by molar-refractivity contribution is 8.01. The van der Waals surface area contributed by atoms with E-state index in [1.54, 1.807) is 17.8 Å². The van der Waals surface area contributed by atoms with Crippen molar-refractivity contribution in [1.29, 1.82) is 0 Å². The molecule has 1 aromatic carbocycles.